The van der Waals surface area contributed by atoms with Crippen molar-refractivity contribution < 1.29 is 13.6 Å². The fourth-order valence-electron chi connectivity index (χ4n) is 5.00. The van der Waals surface area contributed by atoms with Crippen LogP contribution in [0.4, 0.5) is 26.1 Å². The molecule has 1 aliphatic heterocycles. The van der Waals surface area contributed by atoms with E-state index < -0.39 is 11.6 Å². The zero-order valence-corrected chi connectivity index (χ0v) is 21.4. The number of hydrogen-bond acceptors (Lipinski definition) is 5. The minimum atomic E-state index is -0.710. The Bertz CT molecular complexity index is 1090. The van der Waals surface area contributed by atoms with Crippen molar-refractivity contribution in [1.82, 2.24) is 14.9 Å². The van der Waals surface area contributed by atoms with Crippen LogP contribution in [0.2, 0.25) is 0 Å². The topological polar surface area (TPSA) is 82.5 Å². The number of hydrogen-bond donors (Lipinski definition) is 2. The monoisotopic (exact) mass is 498 g/mol. The number of benzene rings is 1. The Labute approximate surface area is 211 Å². The number of aliphatic imine (C=N–C) groups is 1. The quantitative estimate of drug-likeness (QED) is 0.370. The van der Waals surface area contributed by atoms with Crippen LogP contribution in [0.3, 0.4) is 0 Å². The fourth-order valence-corrected chi connectivity index (χ4v) is 5.00. The van der Waals surface area contributed by atoms with E-state index in [4.69, 9.17) is 0 Å². The number of aryl methyl sites for hydroxylation is 1. The van der Waals surface area contributed by atoms with E-state index in [1.807, 2.05) is 25.7 Å². The van der Waals surface area contributed by atoms with Gasteiger partial charge in [-0.1, -0.05) is 0 Å². The highest BCUT2D eigenvalue weighted by Gasteiger charge is 2.31. The molecule has 1 saturated heterocycles. The van der Waals surface area contributed by atoms with Gasteiger partial charge in [-0.15, -0.1) is 0 Å². The lowest BCUT2D eigenvalue weighted by Gasteiger charge is -2.30. The van der Waals surface area contributed by atoms with E-state index in [-0.39, 0.29) is 17.6 Å². The second-order valence-electron chi connectivity index (χ2n) is 10.2. The zero-order chi connectivity index (χ0) is 25.7. The number of carbonyl (C=O) groups excluding carboxylic acids is 1. The first-order valence-corrected chi connectivity index (χ1v) is 13.0. The van der Waals surface area contributed by atoms with Crippen LogP contribution in [-0.4, -0.2) is 45.7 Å². The summed E-state index contributed by atoms with van der Waals surface area (Å²) in [4.78, 5) is 28.2. The highest BCUT2D eigenvalue weighted by Crippen LogP contribution is 2.34. The number of nitrogens with one attached hydrogen (secondary N) is 2. The summed E-state index contributed by atoms with van der Waals surface area (Å²) in [5.41, 5.74) is 1.50. The van der Waals surface area contributed by atoms with Gasteiger partial charge in [0, 0.05) is 37.5 Å². The predicted molar refractivity (Wildman–Crippen MR) is 138 cm³/mol. The SMILES string of the molecule is Cc1nc(NC(C)C)ncc1NC(CC1CCC(C(=O)N2CCCC2)CC1)=Nc1ccc(F)cc1F. The molecular weight excluding hydrogens is 462 g/mol. The number of rotatable bonds is 7. The lowest BCUT2D eigenvalue weighted by atomic mass is 9.79. The van der Waals surface area contributed by atoms with Crippen LogP contribution < -0.4 is 10.6 Å². The molecule has 0 atom stereocenters. The van der Waals surface area contributed by atoms with E-state index in [0.717, 1.165) is 63.4 Å². The van der Waals surface area contributed by atoms with E-state index in [1.54, 1.807) is 6.20 Å². The van der Waals surface area contributed by atoms with Crippen LogP contribution in [0.25, 0.3) is 0 Å². The summed E-state index contributed by atoms with van der Waals surface area (Å²) in [5.74, 6) is 0.472. The van der Waals surface area contributed by atoms with Gasteiger partial charge in [-0.3, -0.25) is 4.79 Å². The van der Waals surface area contributed by atoms with Crippen molar-refractivity contribution in [2.45, 2.75) is 71.8 Å². The van der Waals surface area contributed by atoms with E-state index in [0.29, 0.717) is 35.7 Å². The van der Waals surface area contributed by atoms with E-state index in [9.17, 15) is 13.6 Å². The van der Waals surface area contributed by atoms with Gasteiger partial charge in [-0.2, -0.15) is 0 Å². The molecule has 7 nitrogen and oxygen atoms in total. The Hall–Kier alpha value is -3.10. The summed E-state index contributed by atoms with van der Waals surface area (Å²) in [6.07, 6.45) is 8.01. The minimum Gasteiger partial charge on any atom is -0.352 e. The average Bonchev–Trinajstić information content (AvgIpc) is 3.37. The maximum absolute atomic E-state index is 14.4. The molecule has 1 saturated carbocycles. The van der Waals surface area contributed by atoms with Crippen molar-refractivity contribution in [2.24, 2.45) is 16.8 Å². The number of nitrogens with zero attached hydrogens (tertiary/aromatic N) is 4. The Morgan fingerprint density at radius 3 is 2.53 bits per heavy atom. The highest BCUT2D eigenvalue weighted by molar-refractivity contribution is 5.97. The molecule has 1 aliphatic carbocycles. The third-order valence-corrected chi connectivity index (χ3v) is 6.94. The normalized spacial score (nSPS) is 20.6. The minimum absolute atomic E-state index is 0.0773. The van der Waals surface area contributed by atoms with Gasteiger partial charge < -0.3 is 15.5 Å². The van der Waals surface area contributed by atoms with Gasteiger partial charge in [-0.25, -0.2) is 23.7 Å². The molecule has 1 aromatic carbocycles. The summed E-state index contributed by atoms with van der Waals surface area (Å²) in [6.45, 7) is 7.67. The third kappa shape index (κ3) is 6.77. The van der Waals surface area contributed by atoms with E-state index in [1.165, 1.54) is 12.1 Å². The molecule has 2 heterocycles. The molecule has 2 aliphatic rings. The van der Waals surface area contributed by atoms with Crippen molar-refractivity contribution in [1.29, 1.82) is 0 Å². The van der Waals surface area contributed by atoms with Crippen LogP contribution in [0.5, 0.6) is 0 Å². The number of amidine groups is 1. The predicted octanol–water partition coefficient (Wildman–Crippen LogP) is 5.84. The Kier molecular flexibility index (Phi) is 8.48. The van der Waals surface area contributed by atoms with Gasteiger partial charge in [0.1, 0.15) is 17.3 Å². The molecule has 0 unspecified atom stereocenters. The molecule has 2 N–H and O–H groups in total. The van der Waals surface area contributed by atoms with Crippen molar-refractivity contribution in [3.05, 3.63) is 41.7 Å². The van der Waals surface area contributed by atoms with Gasteiger partial charge in [0.05, 0.1) is 17.6 Å². The maximum Gasteiger partial charge on any atom is 0.225 e. The standard InChI is InChI=1S/C27H36F2N6O/c1-17(2)31-27-30-16-24(18(3)32-27)34-25(33-23-11-10-21(28)15-22(23)29)14-19-6-8-20(9-7-19)26(36)35-12-4-5-13-35/h10-11,15-17,19-20H,4-9,12-14H2,1-3H3,(H,33,34)(H,30,31,32). The van der Waals surface area contributed by atoms with Gasteiger partial charge >= 0.3 is 0 Å². The Balaban J connectivity index is 1.48. The van der Waals surface area contributed by atoms with Crippen molar-refractivity contribution in [3.63, 3.8) is 0 Å². The average molecular weight is 499 g/mol. The lowest BCUT2D eigenvalue weighted by molar-refractivity contribution is -0.135. The smallest absolute Gasteiger partial charge is 0.225 e. The molecule has 1 amide bonds. The number of amides is 1. The molecule has 9 heteroatoms. The Morgan fingerprint density at radius 1 is 1.17 bits per heavy atom. The summed E-state index contributed by atoms with van der Waals surface area (Å²) in [7, 11) is 0. The van der Waals surface area contributed by atoms with Crippen LogP contribution >= 0.6 is 0 Å². The first-order chi connectivity index (χ1) is 17.3. The van der Waals surface area contributed by atoms with E-state index >= 15 is 0 Å². The molecule has 0 bridgehead atoms. The second-order valence-corrected chi connectivity index (χ2v) is 10.2. The first kappa shape index (κ1) is 26.0. The van der Waals surface area contributed by atoms with Crippen LogP contribution in [0, 0.1) is 30.4 Å². The molecule has 0 radical (unpaired) electrons. The van der Waals surface area contributed by atoms with Crippen molar-refractivity contribution in [2.75, 3.05) is 23.7 Å². The summed E-state index contributed by atoms with van der Waals surface area (Å²) >= 11 is 0. The first-order valence-electron chi connectivity index (χ1n) is 13.0. The molecule has 1 aromatic heterocycles. The summed E-state index contributed by atoms with van der Waals surface area (Å²) in [5, 5.41) is 6.49. The molecule has 36 heavy (non-hydrogen) atoms. The summed E-state index contributed by atoms with van der Waals surface area (Å²) in [6, 6.07) is 3.59. The maximum atomic E-state index is 14.4. The Morgan fingerprint density at radius 2 is 1.89 bits per heavy atom. The molecule has 2 fully saturated rings. The number of carbonyl (C=O) groups is 1. The lowest BCUT2D eigenvalue weighted by Crippen LogP contribution is -2.36. The zero-order valence-electron chi connectivity index (χ0n) is 21.4. The van der Waals surface area contributed by atoms with Gasteiger partial charge in [0.25, 0.3) is 0 Å². The molecule has 194 valence electrons. The number of aromatic nitrogens is 2. The number of likely N-dealkylation sites (tertiary alicyclic amines) is 1. The van der Waals surface area contributed by atoms with Gasteiger partial charge in [-0.05, 0) is 77.3 Å². The largest absolute Gasteiger partial charge is 0.352 e. The molecule has 0 spiro atoms. The summed E-state index contributed by atoms with van der Waals surface area (Å²) < 4.78 is 27.9. The highest BCUT2D eigenvalue weighted by atomic mass is 19.1. The van der Waals surface area contributed by atoms with Gasteiger partial charge in [0.2, 0.25) is 11.9 Å². The third-order valence-electron chi connectivity index (χ3n) is 6.94. The van der Waals surface area contributed by atoms with E-state index in [2.05, 4.69) is 25.6 Å². The molecule has 4 rings (SSSR count). The van der Waals surface area contributed by atoms with Crippen molar-refractivity contribution >= 4 is 29.1 Å². The molecular formula is C27H36F2N6O. The van der Waals surface area contributed by atoms with Crippen LogP contribution in [-0.2, 0) is 4.79 Å². The fraction of sp³-hybridized carbons (Fsp3) is 0.556. The molecule has 2 aromatic rings. The second kappa shape index (κ2) is 11.8. The van der Waals surface area contributed by atoms with Crippen molar-refractivity contribution in [3.8, 4) is 0 Å². The van der Waals surface area contributed by atoms with Crippen LogP contribution in [0.1, 0.15) is 64.5 Å². The van der Waals surface area contributed by atoms with Gasteiger partial charge in [0.15, 0.2) is 5.82 Å². The number of halogens is 2. The number of anilines is 2. The van der Waals surface area contributed by atoms with Crippen LogP contribution in [0.15, 0.2) is 29.4 Å².